The molecule has 0 aliphatic carbocycles. The first-order valence-corrected chi connectivity index (χ1v) is 7.35. The zero-order valence-corrected chi connectivity index (χ0v) is 12.8. The van der Waals surface area contributed by atoms with Crippen molar-refractivity contribution in [2.24, 2.45) is 0 Å². The van der Waals surface area contributed by atoms with Crippen molar-refractivity contribution in [2.75, 3.05) is 5.73 Å². The number of fused-ring (bicyclic) bond motifs is 1. The molecule has 114 valence electrons. The molecule has 3 aromatic rings. The summed E-state index contributed by atoms with van der Waals surface area (Å²) in [5.41, 5.74) is 8.92. The van der Waals surface area contributed by atoms with E-state index in [2.05, 4.69) is 24.6 Å². The van der Waals surface area contributed by atoms with Crippen LogP contribution in [0.4, 0.5) is 5.69 Å². The van der Waals surface area contributed by atoms with E-state index >= 15 is 0 Å². The van der Waals surface area contributed by atoms with Crippen LogP contribution in [0.15, 0.2) is 48.7 Å². The number of nitrogen functional groups attached to an aromatic ring is 1. The van der Waals surface area contributed by atoms with Crippen molar-refractivity contribution in [1.82, 2.24) is 4.57 Å². The van der Waals surface area contributed by atoms with Crippen molar-refractivity contribution >= 4 is 16.6 Å². The number of aromatic nitrogens is 1. The van der Waals surface area contributed by atoms with Crippen molar-refractivity contribution in [3.05, 3.63) is 54.2 Å². The summed E-state index contributed by atoms with van der Waals surface area (Å²) in [6.07, 6.45) is 2.12. The molecule has 0 fully saturated rings. The average molecular weight is 296 g/mol. The van der Waals surface area contributed by atoms with Gasteiger partial charge < -0.3 is 20.1 Å². The highest BCUT2D eigenvalue weighted by Gasteiger charge is 2.11. The maximum Gasteiger partial charge on any atom is 0.120 e. The predicted octanol–water partition coefficient (Wildman–Crippen LogP) is 4.09. The van der Waals surface area contributed by atoms with Gasteiger partial charge in [-0.05, 0) is 50.2 Å². The van der Waals surface area contributed by atoms with Crippen molar-refractivity contribution in [3.8, 4) is 11.5 Å². The Balaban J connectivity index is 1.91. The van der Waals surface area contributed by atoms with E-state index in [4.69, 9.17) is 10.5 Å². The van der Waals surface area contributed by atoms with Crippen LogP contribution < -0.4 is 10.5 Å². The van der Waals surface area contributed by atoms with E-state index in [1.807, 2.05) is 18.2 Å². The standard InChI is InChI=1S/C18H20N2O2/c1-12(2)20-10-13(17-8-3-14(19)9-18(17)20)11-22-16-6-4-15(21)5-7-16/h3-10,12,21H,11,19H2,1-2H3. The molecule has 0 bridgehead atoms. The van der Waals surface area contributed by atoms with E-state index < -0.39 is 0 Å². The average Bonchev–Trinajstić information content (AvgIpc) is 2.85. The molecule has 0 amide bonds. The highest BCUT2D eigenvalue weighted by molar-refractivity contribution is 5.86. The van der Waals surface area contributed by atoms with Gasteiger partial charge in [0.05, 0.1) is 5.52 Å². The van der Waals surface area contributed by atoms with Gasteiger partial charge in [0.1, 0.15) is 18.1 Å². The number of hydrogen-bond acceptors (Lipinski definition) is 3. The first-order valence-electron chi connectivity index (χ1n) is 7.35. The van der Waals surface area contributed by atoms with Crippen molar-refractivity contribution < 1.29 is 9.84 Å². The Hall–Kier alpha value is -2.62. The van der Waals surface area contributed by atoms with Gasteiger partial charge in [-0.2, -0.15) is 0 Å². The minimum atomic E-state index is 0.235. The van der Waals surface area contributed by atoms with Crippen LogP contribution in [-0.4, -0.2) is 9.67 Å². The second kappa shape index (κ2) is 5.64. The molecule has 0 unspecified atom stereocenters. The Morgan fingerprint density at radius 1 is 1.14 bits per heavy atom. The summed E-state index contributed by atoms with van der Waals surface area (Å²) in [6.45, 7) is 4.77. The molecular formula is C18H20N2O2. The molecule has 3 N–H and O–H groups in total. The second-order valence-corrected chi connectivity index (χ2v) is 5.71. The third kappa shape index (κ3) is 2.72. The highest BCUT2D eigenvalue weighted by Crippen LogP contribution is 2.28. The number of benzene rings is 2. The maximum atomic E-state index is 9.30. The second-order valence-electron chi connectivity index (χ2n) is 5.71. The van der Waals surface area contributed by atoms with E-state index in [0.717, 1.165) is 27.9 Å². The SMILES string of the molecule is CC(C)n1cc(COc2ccc(O)cc2)c2ccc(N)cc21. The van der Waals surface area contributed by atoms with Gasteiger partial charge in [-0.25, -0.2) is 0 Å². The lowest BCUT2D eigenvalue weighted by atomic mass is 10.1. The summed E-state index contributed by atoms with van der Waals surface area (Å²) >= 11 is 0. The van der Waals surface area contributed by atoms with Crippen molar-refractivity contribution in [1.29, 1.82) is 0 Å². The Labute approximate surface area is 129 Å². The molecule has 1 heterocycles. The zero-order valence-electron chi connectivity index (χ0n) is 12.8. The van der Waals surface area contributed by atoms with Gasteiger partial charge in [-0.15, -0.1) is 0 Å². The maximum absolute atomic E-state index is 9.30. The van der Waals surface area contributed by atoms with Gasteiger partial charge in [0.15, 0.2) is 0 Å². The highest BCUT2D eigenvalue weighted by atomic mass is 16.5. The molecule has 0 aliphatic rings. The van der Waals surface area contributed by atoms with Crippen LogP contribution in [-0.2, 0) is 6.61 Å². The van der Waals surface area contributed by atoms with Crippen molar-refractivity contribution in [2.45, 2.75) is 26.5 Å². The molecule has 0 saturated heterocycles. The number of hydrogen-bond donors (Lipinski definition) is 2. The number of nitrogens with two attached hydrogens (primary N) is 1. The predicted molar refractivity (Wildman–Crippen MR) is 89.2 cm³/mol. The number of anilines is 1. The van der Waals surface area contributed by atoms with Crippen LogP contribution in [0.25, 0.3) is 10.9 Å². The third-order valence-electron chi connectivity index (χ3n) is 3.73. The number of nitrogens with zero attached hydrogens (tertiary/aromatic N) is 1. The van der Waals surface area contributed by atoms with E-state index in [1.165, 1.54) is 0 Å². The molecule has 4 nitrogen and oxygen atoms in total. The molecular weight excluding hydrogens is 276 g/mol. The zero-order chi connectivity index (χ0) is 15.7. The Morgan fingerprint density at radius 3 is 2.55 bits per heavy atom. The van der Waals surface area contributed by atoms with E-state index in [-0.39, 0.29) is 5.75 Å². The molecule has 0 aliphatic heterocycles. The summed E-state index contributed by atoms with van der Waals surface area (Å²) in [5, 5.41) is 10.5. The van der Waals surface area contributed by atoms with E-state index in [0.29, 0.717) is 12.6 Å². The van der Waals surface area contributed by atoms with Crippen LogP contribution in [0.3, 0.4) is 0 Å². The topological polar surface area (TPSA) is 60.4 Å². The van der Waals surface area contributed by atoms with Gasteiger partial charge >= 0.3 is 0 Å². The smallest absolute Gasteiger partial charge is 0.120 e. The number of ether oxygens (including phenoxy) is 1. The minimum absolute atomic E-state index is 0.235. The number of phenols is 1. The van der Waals surface area contributed by atoms with Gasteiger partial charge in [0.2, 0.25) is 0 Å². The number of phenolic OH excluding ortho intramolecular Hbond substituents is 1. The first kappa shape index (κ1) is 14.3. The van der Waals surface area contributed by atoms with Gasteiger partial charge in [0, 0.05) is 28.9 Å². The number of aromatic hydroxyl groups is 1. The van der Waals surface area contributed by atoms with Crippen LogP contribution >= 0.6 is 0 Å². The fourth-order valence-corrected chi connectivity index (χ4v) is 2.59. The molecule has 0 spiro atoms. The molecule has 4 heteroatoms. The Morgan fingerprint density at radius 2 is 1.86 bits per heavy atom. The Kier molecular flexibility index (Phi) is 3.67. The molecule has 0 radical (unpaired) electrons. The fourth-order valence-electron chi connectivity index (χ4n) is 2.59. The van der Waals surface area contributed by atoms with E-state index in [1.54, 1.807) is 24.3 Å². The van der Waals surface area contributed by atoms with Gasteiger partial charge in [-0.1, -0.05) is 6.07 Å². The molecule has 0 saturated carbocycles. The molecule has 0 atom stereocenters. The van der Waals surface area contributed by atoms with Crippen LogP contribution in [0, 0.1) is 0 Å². The molecule has 2 aromatic carbocycles. The number of rotatable bonds is 4. The summed E-state index contributed by atoms with van der Waals surface area (Å²) in [6, 6.07) is 13.1. The molecule has 22 heavy (non-hydrogen) atoms. The molecule has 1 aromatic heterocycles. The lowest BCUT2D eigenvalue weighted by molar-refractivity contribution is 0.306. The largest absolute Gasteiger partial charge is 0.508 e. The van der Waals surface area contributed by atoms with Crippen molar-refractivity contribution in [3.63, 3.8) is 0 Å². The van der Waals surface area contributed by atoms with E-state index in [9.17, 15) is 5.11 Å². The third-order valence-corrected chi connectivity index (χ3v) is 3.73. The summed E-state index contributed by atoms with van der Waals surface area (Å²) in [4.78, 5) is 0. The lowest BCUT2D eigenvalue weighted by Gasteiger charge is -2.09. The van der Waals surface area contributed by atoms with Crippen LogP contribution in [0.2, 0.25) is 0 Å². The summed E-state index contributed by atoms with van der Waals surface area (Å²) in [5.74, 6) is 0.970. The van der Waals surface area contributed by atoms with Crippen LogP contribution in [0.1, 0.15) is 25.5 Å². The minimum Gasteiger partial charge on any atom is -0.508 e. The summed E-state index contributed by atoms with van der Waals surface area (Å²) < 4.78 is 8.03. The van der Waals surface area contributed by atoms with Gasteiger partial charge in [-0.3, -0.25) is 0 Å². The Bertz CT molecular complexity index is 789. The van der Waals surface area contributed by atoms with Gasteiger partial charge in [0.25, 0.3) is 0 Å². The lowest BCUT2D eigenvalue weighted by Crippen LogP contribution is -1.99. The summed E-state index contributed by atoms with van der Waals surface area (Å²) in [7, 11) is 0. The monoisotopic (exact) mass is 296 g/mol. The first-order chi connectivity index (χ1) is 10.5. The van der Waals surface area contributed by atoms with Crippen LogP contribution in [0.5, 0.6) is 11.5 Å². The molecule has 3 rings (SSSR count). The fraction of sp³-hybridized carbons (Fsp3) is 0.222. The normalized spacial score (nSPS) is 11.2. The quantitative estimate of drug-likeness (QED) is 0.713.